The van der Waals surface area contributed by atoms with E-state index in [0.717, 1.165) is 5.75 Å². The second kappa shape index (κ2) is 4.74. The Balaban J connectivity index is 3.35. The number of hydrogen-bond donors (Lipinski definition) is 0. The molecule has 0 unspecified atom stereocenters. The molecule has 0 aliphatic rings. The third kappa shape index (κ3) is 2.88. The molecule has 0 saturated heterocycles. The number of aryl methyl sites for hydroxylation is 2. The van der Waals surface area contributed by atoms with Crippen LogP contribution in [0.3, 0.4) is 0 Å². The van der Waals surface area contributed by atoms with Crippen molar-refractivity contribution in [2.24, 2.45) is 0 Å². The van der Waals surface area contributed by atoms with Crippen molar-refractivity contribution < 1.29 is 4.74 Å². The summed E-state index contributed by atoms with van der Waals surface area (Å²) in [4.78, 5) is 2.23. The van der Waals surface area contributed by atoms with E-state index in [1.54, 1.807) is 7.11 Å². The number of halogens is 2. The van der Waals surface area contributed by atoms with Crippen molar-refractivity contribution in [1.82, 2.24) is 0 Å². The third-order valence-corrected chi connectivity index (χ3v) is 9.96. The van der Waals surface area contributed by atoms with Crippen LogP contribution in [0.15, 0.2) is 12.1 Å². The first-order chi connectivity index (χ1) is 6.36. The van der Waals surface area contributed by atoms with E-state index >= 15 is 0 Å². The van der Waals surface area contributed by atoms with Gasteiger partial charge in [-0.05, 0) is 0 Å². The van der Waals surface area contributed by atoms with Crippen molar-refractivity contribution in [2.75, 3.05) is 7.11 Å². The monoisotopic (exact) mass is 438 g/mol. The van der Waals surface area contributed by atoms with Gasteiger partial charge < -0.3 is 0 Å². The molecule has 0 fully saturated rings. The van der Waals surface area contributed by atoms with E-state index in [1.165, 1.54) is 14.7 Å². The van der Waals surface area contributed by atoms with Crippen LogP contribution >= 0.6 is 25.5 Å². The molecule has 80 valence electrons. The van der Waals surface area contributed by atoms with Crippen LogP contribution in [0.4, 0.5) is 0 Å². The number of hydrogen-bond acceptors (Lipinski definition) is 1. The van der Waals surface area contributed by atoms with Gasteiger partial charge in [-0.3, -0.25) is 0 Å². The summed E-state index contributed by atoms with van der Waals surface area (Å²) in [6.45, 7) is 4.24. The molecule has 0 atom stereocenters. The van der Waals surface area contributed by atoms with E-state index in [0.29, 0.717) is 0 Å². The van der Waals surface area contributed by atoms with Gasteiger partial charge in [0.05, 0.1) is 0 Å². The normalized spacial score (nSPS) is 12.7. The average Bonchev–Trinajstić information content (AvgIpc) is 2.07. The fourth-order valence-corrected chi connectivity index (χ4v) is 7.11. The van der Waals surface area contributed by atoms with Crippen molar-refractivity contribution in [3.05, 3.63) is 23.3 Å². The van der Waals surface area contributed by atoms with E-state index < -0.39 is 13.8 Å². The molecule has 0 heterocycles. The van der Waals surface area contributed by atoms with Gasteiger partial charge in [-0.1, -0.05) is 0 Å². The summed E-state index contributed by atoms with van der Waals surface area (Å²) in [6, 6.07) is 4.33. The van der Waals surface area contributed by atoms with Crippen molar-refractivity contribution >= 4 is 42.9 Å². The van der Waals surface area contributed by atoms with Crippen LogP contribution in [-0.2, 0) is 0 Å². The molecule has 0 radical (unpaired) electrons. The van der Waals surface area contributed by atoms with Crippen molar-refractivity contribution in [3.8, 4) is 5.75 Å². The van der Waals surface area contributed by atoms with Gasteiger partial charge in [-0.2, -0.15) is 0 Å². The Bertz CT molecular complexity index is 345. The van der Waals surface area contributed by atoms with Gasteiger partial charge in [0.25, 0.3) is 0 Å². The molecule has 14 heavy (non-hydrogen) atoms. The molecule has 1 rings (SSSR count). The molecule has 1 aromatic rings. The Hall–Kier alpha value is 0.770. The first kappa shape index (κ1) is 12.8. The second-order valence-electron chi connectivity index (χ2n) is 3.31. The minimum absolute atomic E-state index is 0.991. The molecule has 0 aromatic heterocycles. The van der Waals surface area contributed by atoms with E-state index in [-0.39, 0.29) is 0 Å². The number of benzene rings is 1. The molecule has 0 bridgehead atoms. The van der Waals surface area contributed by atoms with Gasteiger partial charge in [0.15, 0.2) is 0 Å². The Morgan fingerprint density at radius 3 is 2.07 bits per heavy atom. The zero-order valence-electron chi connectivity index (χ0n) is 8.73. The molecular formula is C10H14Br2OTe. The first-order valence-electron chi connectivity index (χ1n) is 4.19. The van der Waals surface area contributed by atoms with E-state index in [4.69, 9.17) is 4.74 Å². The molecule has 1 aromatic carbocycles. The predicted octanol–water partition coefficient (Wildman–Crippen LogP) is 3.38. The zero-order valence-corrected chi connectivity index (χ0v) is 14.2. The SMILES string of the molecule is COc1cc(C)c(C)cc1[Te](C)(Br)Br. The first-order valence-corrected chi connectivity index (χ1v) is 18.1. The maximum absolute atomic E-state index is 5.40. The summed E-state index contributed by atoms with van der Waals surface area (Å²) in [6.07, 6.45) is 0. The molecule has 0 N–H and O–H groups in total. The number of ether oxygens (including phenoxy) is 1. The molecule has 0 amide bonds. The molecule has 1 nitrogen and oxygen atoms in total. The fourth-order valence-electron chi connectivity index (χ4n) is 1.20. The Labute approximate surface area is 102 Å². The minimum atomic E-state index is -2.18. The number of methoxy groups -OCH3 is 1. The third-order valence-electron chi connectivity index (χ3n) is 2.17. The van der Waals surface area contributed by atoms with Gasteiger partial charge in [0.1, 0.15) is 0 Å². The molecular weight excluding hydrogens is 424 g/mol. The average molecular weight is 438 g/mol. The molecule has 0 spiro atoms. The quantitative estimate of drug-likeness (QED) is 0.645. The van der Waals surface area contributed by atoms with Crippen LogP contribution in [0.5, 0.6) is 5.75 Å². The maximum atomic E-state index is 5.40. The van der Waals surface area contributed by atoms with Crippen LogP contribution in [0.1, 0.15) is 11.1 Å². The van der Waals surface area contributed by atoms with Gasteiger partial charge >= 0.3 is 103 Å². The predicted molar refractivity (Wildman–Crippen MR) is 71.6 cm³/mol. The Morgan fingerprint density at radius 1 is 1.14 bits per heavy atom. The molecule has 0 aliphatic heterocycles. The fraction of sp³-hybridized carbons (Fsp3) is 0.400. The summed E-state index contributed by atoms with van der Waals surface area (Å²) >= 11 is 5.35. The van der Waals surface area contributed by atoms with Crippen LogP contribution in [-0.4, -0.2) is 20.9 Å². The summed E-state index contributed by atoms with van der Waals surface area (Å²) in [5.41, 5.74) is 2.59. The Morgan fingerprint density at radius 2 is 1.64 bits per heavy atom. The van der Waals surface area contributed by atoms with Crippen LogP contribution in [0.25, 0.3) is 0 Å². The summed E-state index contributed by atoms with van der Waals surface area (Å²) < 4.78 is 6.70. The van der Waals surface area contributed by atoms with Gasteiger partial charge in [-0.25, -0.2) is 0 Å². The van der Waals surface area contributed by atoms with Gasteiger partial charge in [0.2, 0.25) is 0 Å². The zero-order chi connectivity index (χ0) is 10.9. The summed E-state index contributed by atoms with van der Waals surface area (Å²) in [5, 5.41) is 0. The second-order valence-corrected chi connectivity index (χ2v) is 31.9. The van der Waals surface area contributed by atoms with E-state index in [2.05, 4.69) is 56.5 Å². The van der Waals surface area contributed by atoms with Gasteiger partial charge in [-0.15, -0.1) is 0 Å². The van der Waals surface area contributed by atoms with Crippen molar-refractivity contribution in [1.29, 1.82) is 0 Å². The van der Waals surface area contributed by atoms with Crippen molar-refractivity contribution in [2.45, 2.75) is 18.8 Å². The summed E-state index contributed by atoms with van der Waals surface area (Å²) in [5.74, 6) is 0.991. The number of rotatable bonds is 2. The van der Waals surface area contributed by atoms with Crippen molar-refractivity contribution in [3.63, 3.8) is 0 Å². The summed E-state index contributed by atoms with van der Waals surface area (Å²) in [7, 11) is 1.72. The molecule has 0 aliphatic carbocycles. The standard InChI is InChI=1S/C10H14Br2OTe/c1-7-5-9(13-3)10(6-8(7)2)14(4,11)12/h5-6H,1-4H3. The molecule has 4 heteroatoms. The van der Waals surface area contributed by atoms with Crippen LogP contribution < -0.4 is 8.35 Å². The van der Waals surface area contributed by atoms with Crippen LogP contribution in [0, 0.1) is 13.8 Å². The Kier molecular flexibility index (Phi) is 4.34. The van der Waals surface area contributed by atoms with E-state index in [1.807, 2.05) is 0 Å². The topological polar surface area (TPSA) is 9.23 Å². The van der Waals surface area contributed by atoms with Crippen LogP contribution in [0.2, 0.25) is 4.97 Å². The molecule has 0 saturated carbocycles. The van der Waals surface area contributed by atoms with Gasteiger partial charge in [0, 0.05) is 0 Å². The van der Waals surface area contributed by atoms with E-state index in [9.17, 15) is 0 Å².